The van der Waals surface area contributed by atoms with Crippen molar-refractivity contribution in [3.8, 4) is 0 Å². The first-order valence-electron chi connectivity index (χ1n) is 16.9. The van der Waals surface area contributed by atoms with Crippen LogP contribution in [0, 0.1) is 0 Å². The lowest BCUT2D eigenvalue weighted by Crippen LogP contribution is -2.34. The monoisotopic (exact) mass is 734 g/mol. The molecule has 0 unspecified atom stereocenters. The molecule has 0 aliphatic carbocycles. The number of ether oxygens (including phenoxy) is 2. The molecule has 5 rings (SSSR count). The average molecular weight is 735 g/mol. The van der Waals surface area contributed by atoms with Crippen molar-refractivity contribution in [1.82, 2.24) is 0 Å². The van der Waals surface area contributed by atoms with Crippen LogP contribution in [0.15, 0.2) is 131 Å². The summed E-state index contributed by atoms with van der Waals surface area (Å²) in [6.07, 6.45) is 3.05. The van der Waals surface area contributed by atoms with Crippen molar-refractivity contribution in [2.45, 2.75) is 62.5 Å². The molecule has 0 aliphatic rings. The lowest BCUT2D eigenvalue weighted by Gasteiger charge is -2.29. The second-order valence-electron chi connectivity index (χ2n) is 13.9. The van der Waals surface area contributed by atoms with Crippen molar-refractivity contribution in [1.29, 1.82) is 0 Å². The van der Waals surface area contributed by atoms with Gasteiger partial charge in [0.2, 0.25) is 0 Å². The zero-order valence-corrected chi connectivity index (χ0v) is 32.5. The first kappa shape index (κ1) is 38.2. The molecule has 0 saturated heterocycles. The molecule has 52 heavy (non-hydrogen) atoms. The van der Waals surface area contributed by atoms with Crippen LogP contribution in [0.4, 0.5) is 55.1 Å². The van der Waals surface area contributed by atoms with Crippen molar-refractivity contribution in [3.05, 3.63) is 121 Å². The summed E-state index contributed by atoms with van der Waals surface area (Å²) < 4.78 is 11.7. The van der Waals surface area contributed by atoms with Gasteiger partial charge >= 0.3 is 12.2 Å². The Morgan fingerprint density at radius 1 is 0.442 bits per heavy atom. The zero-order chi connectivity index (χ0) is 37.5. The van der Waals surface area contributed by atoms with E-state index in [0.717, 1.165) is 22.7 Å². The molecule has 0 aromatic heterocycles. The van der Waals surface area contributed by atoms with E-state index < -0.39 is 23.4 Å². The Bertz CT molecular complexity index is 1790. The number of nitrogens with one attached hydrogen (secondary N) is 2. The summed E-state index contributed by atoms with van der Waals surface area (Å²) in [4.78, 5) is 32.8. The molecule has 270 valence electrons. The van der Waals surface area contributed by atoms with Crippen LogP contribution in [0.25, 0.3) is 0 Å². The summed E-state index contributed by atoms with van der Waals surface area (Å²) >= 11 is 3.39. The number of hydrogen-bond acceptors (Lipinski definition) is 8. The number of benzene rings is 5. The third-order valence-corrected chi connectivity index (χ3v) is 9.01. The quantitative estimate of drug-likeness (QED) is 0.137. The third-order valence-electron chi connectivity index (χ3n) is 7.53. The van der Waals surface area contributed by atoms with Gasteiger partial charge in [-0.05, 0) is 175 Å². The van der Waals surface area contributed by atoms with Gasteiger partial charge in [0.15, 0.2) is 0 Å². The highest BCUT2D eigenvalue weighted by molar-refractivity contribution is 7.98. The van der Waals surface area contributed by atoms with E-state index in [4.69, 9.17) is 9.47 Å². The van der Waals surface area contributed by atoms with Gasteiger partial charge in [0.1, 0.15) is 11.2 Å². The maximum atomic E-state index is 13.7. The van der Waals surface area contributed by atoms with Crippen molar-refractivity contribution in [2.75, 3.05) is 32.9 Å². The number of hydrogen-bond donors (Lipinski definition) is 2. The highest BCUT2D eigenvalue weighted by atomic mass is 32.2. The average Bonchev–Trinajstić information content (AvgIpc) is 3.10. The predicted molar refractivity (Wildman–Crippen MR) is 219 cm³/mol. The Hall–Kier alpha value is -5.06. The van der Waals surface area contributed by atoms with Gasteiger partial charge < -0.3 is 20.1 Å². The fourth-order valence-corrected chi connectivity index (χ4v) is 5.97. The van der Waals surface area contributed by atoms with Gasteiger partial charge in [-0.1, -0.05) is 0 Å². The van der Waals surface area contributed by atoms with Crippen molar-refractivity contribution in [3.63, 3.8) is 0 Å². The van der Waals surface area contributed by atoms with E-state index in [9.17, 15) is 9.59 Å². The van der Waals surface area contributed by atoms with Gasteiger partial charge in [0.05, 0.1) is 22.7 Å². The van der Waals surface area contributed by atoms with Crippen LogP contribution in [-0.4, -0.2) is 35.9 Å². The largest absolute Gasteiger partial charge is 0.443 e. The van der Waals surface area contributed by atoms with E-state index in [0.29, 0.717) is 22.7 Å². The van der Waals surface area contributed by atoms with Gasteiger partial charge in [-0.3, -0.25) is 0 Å². The van der Waals surface area contributed by atoms with E-state index in [1.54, 1.807) is 47.8 Å². The lowest BCUT2D eigenvalue weighted by atomic mass is 10.1. The van der Waals surface area contributed by atoms with E-state index in [1.807, 2.05) is 127 Å². The van der Waals surface area contributed by atoms with Gasteiger partial charge in [-0.25, -0.2) is 19.4 Å². The fraction of sp³-hybridized carbons (Fsp3) is 0.238. The summed E-state index contributed by atoms with van der Waals surface area (Å²) in [5, 5.41) is 6.82. The number of thioether (sulfide) groups is 2. The molecule has 0 heterocycles. The summed E-state index contributed by atoms with van der Waals surface area (Å²) in [6, 6.07) is 38.8. The molecule has 8 nitrogen and oxygen atoms in total. The topological polar surface area (TPSA) is 83.1 Å². The minimum absolute atomic E-state index is 0.524. The minimum Gasteiger partial charge on any atom is -0.443 e. The maximum Gasteiger partial charge on any atom is 0.419 e. The van der Waals surface area contributed by atoms with E-state index >= 15 is 0 Å². The smallest absolute Gasteiger partial charge is 0.419 e. The highest BCUT2D eigenvalue weighted by Crippen LogP contribution is 2.35. The second-order valence-corrected chi connectivity index (χ2v) is 15.7. The van der Waals surface area contributed by atoms with E-state index in [1.165, 1.54) is 19.6 Å². The summed E-state index contributed by atoms with van der Waals surface area (Å²) in [6.45, 7) is 11.0. The fourth-order valence-electron chi connectivity index (χ4n) is 5.16. The molecule has 0 bridgehead atoms. The van der Waals surface area contributed by atoms with Crippen LogP contribution in [-0.2, 0) is 9.47 Å². The third kappa shape index (κ3) is 10.5. The van der Waals surface area contributed by atoms with Crippen LogP contribution in [0.2, 0.25) is 0 Å². The molecule has 10 heteroatoms. The number of carbonyl (C=O) groups excluding carboxylic acids is 2. The molecule has 5 aromatic rings. The molecule has 5 aromatic carbocycles. The molecule has 0 saturated carbocycles. The normalized spacial score (nSPS) is 11.4. The Labute approximate surface area is 315 Å². The number of nitrogens with zero attached hydrogens (tertiary/aromatic N) is 2. The first-order valence-corrected chi connectivity index (χ1v) is 19.3. The summed E-state index contributed by atoms with van der Waals surface area (Å²) in [5.74, 6) is 0. The molecule has 0 atom stereocenters. The SMILES string of the molecule is CSc1ccc(Nc2ccc(N(C(=O)OC(C)(C)C)c3ccc(N(C(=O)OC(C)(C)C)c4ccc(Nc5ccc(SC)cc5)cc4)cc3)cc2)cc1. The van der Waals surface area contributed by atoms with Gasteiger partial charge in [-0.2, -0.15) is 0 Å². The number of carbonyl (C=O) groups is 2. The second kappa shape index (κ2) is 16.5. The van der Waals surface area contributed by atoms with E-state index in [-0.39, 0.29) is 0 Å². The Morgan fingerprint density at radius 3 is 0.904 bits per heavy atom. The van der Waals surface area contributed by atoms with Crippen molar-refractivity contribution in [2.24, 2.45) is 0 Å². The predicted octanol–water partition coefficient (Wildman–Crippen LogP) is 12.8. The number of rotatable bonds is 10. The molecule has 2 amide bonds. The van der Waals surface area contributed by atoms with Gasteiger partial charge in [0, 0.05) is 32.5 Å². The first-order chi connectivity index (χ1) is 24.7. The van der Waals surface area contributed by atoms with Crippen LogP contribution < -0.4 is 20.4 Å². The lowest BCUT2D eigenvalue weighted by molar-refractivity contribution is 0.0587. The van der Waals surface area contributed by atoms with Gasteiger partial charge in [0.25, 0.3) is 0 Å². The maximum absolute atomic E-state index is 13.7. The Morgan fingerprint density at radius 2 is 0.673 bits per heavy atom. The zero-order valence-electron chi connectivity index (χ0n) is 30.9. The standard InChI is InChI=1S/C42H46N4O4S2/c1-41(2,3)49-39(47)45(33-17-9-29(10-18-33)43-31-13-25-37(51-7)26-14-31)35-21-23-36(24-22-35)46(40(48)50-42(4,5)6)34-19-11-30(12-20-34)44-32-15-27-38(52-8)28-16-32/h9-28,43-44H,1-8H3. The highest BCUT2D eigenvalue weighted by Gasteiger charge is 2.28. The molecule has 0 radical (unpaired) electrons. The minimum atomic E-state index is -0.716. The van der Waals surface area contributed by atoms with Crippen LogP contribution >= 0.6 is 23.5 Å². The summed E-state index contributed by atoms with van der Waals surface area (Å²) in [7, 11) is 0. The molecular formula is C42H46N4O4S2. The molecule has 0 fully saturated rings. The van der Waals surface area contributed by atoms with Crippen molar-refractivity contribution >= 4 is 81.2 Å². The molecular weight excluding hydrogens is 689 g/mol. The van der Waals surface area contributed by atoms with Gasteiger partial charge in [-0.15, -0.1) is 23.5 Å². The van der Waals surface area contributed by atoms with E-state index in [2.05, 4.69) is 34.9 Å². The van der Waals surface area contributed by atoms with Crippen LogP contribution in [0.3, 0.4) is 0 Å². The van der Waals surface area contributed by atoms with Crippen LogP contribution in [0.5, 0.6) is 0 Å². The molecule has 0 spiro atoms. The summed E-state index contributed by atoms with van der Waals surface area (Å²) in [5.41, 5.74) is 4.65. The molecule has 0 aliphatic heterocycles. The Balaban J connectivity index is 1.43. The Kier molecular flexibility index (Phi) is 12.1. The van der Waals surface area contributed by atoms with Crippen LogP contribution in [0.1, 0.15) is 41.5 Å². The number of anilines is 8. The van der Waals surface area contributed by atoms with Crippen molar-refractivity contribution < 1.29 is 19.1 Å². The molecule has 2 N–H and O–H groups in total. The number of amides is 2.